The van der Waals surface area contributed by atoms with Crippen molar-refractivity contribution in [3.63, 3.8) is 0 Å². The summed E-state index contributed by atoms with van der Waals surface area (Å²) >= 11 is 0. The summed E-state index contributed by atoms with van der Waals surface area (Å²) in [5.41, 5.74) is 1.11. The molecule has 0 bridgehead atoms. The van der Waals surface area contributed by atoms with Crippen molar-refractivity contribution in [1.29, 1.82) is 0 Å². The number of fused-ring (bicyclic) bond motifs is 1. The Bertz CT molecular complexity index is 614. The fraction of sp³-hybridized carbons (Fsp3) is 0.385. The molecule has 1 saturated heterocycles. The molecule has 2 aliphatic heterocycles. The molecular weight excluding hydrogens is 266 g/mol. The number of sulfonamides is 1. The van der Waals surface area contributed by atoms with Gasteiger partial charge in [0, 0.05) is 19.2 Å². The minimum absolute atomic E-state index is 0.141. The second-order valence-corrected chi connectivity index (χ2v) is 6.61. The zero-order valence-electron chi connectivity index (χ0n) is 10.5. The van der Waals surface area contributed by atoms with Crippen LogP contribution in [-0.2, 0) is 10.0 Å². The van der Waals surface area contributed by atoms with E-state index in [-0.39, 0.29) is 11.7 Å². The van der Waals surface area contributed by atoms with Crippen molar-refractivity contribution >= 4 is 10.0 Å². The highest BCUT2D eigenvalue weighted by atomic mass is 32.2. The molecule has 0 aromatic heterocycles. The third kappa shape index (κ3) is 2.21. The van der Waals surface area contributed by atoms with E-state index < -0.39 is 10.0 Å². The van der Waals surface area contributed by atoms with Gasteiger partial charge in [-0.15, -0.1) is 0 Å². The zero-order valence-corrected chi connectivity index (χ0v) is 11.3. The fourth-order valence-corrected chi connectivity index (χ4v) is 3.69. The molecule has 5 nitrogen and oxygen atoms in total. The Kier molecular flexibility index (Phi) is 2.99. The van der Waals surface area contributed by atoms with Crippen molar-refractivity contribution in [2.24, 2.45) is 0 Å². The maximum atomic E-state index is 12.5. The van der Waals surface area contributed by atoms with E-state index in [1.54, 1.807) is 12.1 Å². The molecule has 0 atom stereocenters. The third-order valence-electron chi connectivity index (χ3n) is 3.41. The van der Waals surface area contributed by atoms with Crippen LogP contribution in [-0.4, -0.2) is 32.6 Å². The summed E-state index contributed by atoms with van der Waals surface area (Å²) in [4.78, 5) is 0.254. The van der Waals surface area contributed by atoms with Crippen LogP contribution < -0.4 is 9.47 Å². The number of rotatable bonds is 2. The van der Waals surface area contributed by atoms with Crippen molar-refractivity contribution < 1.29 is 17.9 Å². The Balaban J connectivity index is 1.90. The van der Waals surface area contributed by atoms with Gasteiger partial charge in [-0.25, -0.2) is 8.42 Å². The molecule has 0 radical (unpaired) electrons. The number of ether oxygens (including phenoxy) is 2. The van der Waals surface area contributed by atoms with Gasteiger partial charge in [-0.05, 0) is 25.0 Å². The van der Waals surface area contributed by atoms with Gasteiger partial charge in [0.05, 0.1) is 4.90 Å². The highest BCUT2D eigenvalue weighted by Crippen LogP contribution is 2.35. The quantitative estimate of drug-likeness (QED) is 0.775. The molecule has 102 valence electrons. The van der Waals surface area contributed by atoms with Crippen LogP contribution in [0, 0.1) is 0 Å². The summed E-state index contributed by atoms with van der Waals surface area (Å²) in [5, 5.41) is 0. The van der Waals surface area contributed by atoms with Gasteiger partial charge in [0.2, 0.25) is 16.8 Å². The number of benzene rings is 1. The Morgan fingerprint density at radius 1 is 1.11 bits per heavy atom. The van der Waals surface area contributed by atoms with E-state index in [2.05, 4.69) is 6.58 Å². The first kappa shape index (κ1) is 12.5. The lowest BCUT2D eigenvalue weighted by Crippen LogP contribution is -2.36. The van der Waals surface area contributed by atoms with Gasteiger partial charge in [-0.3, -0.25) is 0 Å². The maximum absolute atomic E-state index is 12.5. The molecule has 0 amide bonds. The average molecular weight is 281 g/mol. The molecular formula is C13H15NO4S. The van der Waals surface area contributed by atoms with Crippen molar-refractivity contribution in [3.8, 4) is 11.5 Å². The molecule has 6 heteroatoms. The molecule has 19 heavy (non-hydrogen) atoms. The highest BCUT2D eigenvalue weighted by molar-refractivity contribution is 7.89. The summed E-state index contributed by atoms with van der Waals surface area (Å²) in [6, 6.07) is 4.73. The summed E-state index contributed by atoms with van der Waals surface area (Å²) in [6.45, 7) is 5.03. The lowest BCUT2D eigenvalue weighted by molar-refractivity contribution is 0.174. The van der Waals surface area contributed by atoms with Gasteiger partial charge in [-0.2, -0.15) is 4.31 Å². The fourth-order valence-electron chi connectivity index (χ4n) is 2.23. The molecule has 0 spiro atoms. The van der Waals surface area contributed by atoms with Crippen LogP contribution in [0.2, 0.25) is 0 Å². The second-order valence-electron chi connectivity index (χ2n) is 4.67. The van der Waals surface area contributed by atoms with Crippen LogP contribution >= 0.6 is 0 Å². The molecule has 2 aliphatic rings. The second kappa shape index (κ2) is 4.54. The van der Waals surface area contributed by atoms with E-state index >= 15 is 0 Å². The third-order valence-corrected chi connectivity index (χ3v) is 5.31. The zero-order chi connectivity index (χ0) is 13.5. The topological polar surface area (TPSA) is 55.8 Å². The normalized spacial score (nSPS) is 19.7. The minimum Gasteiger partial charge on any atom is -0.454 e. The molecule has 0 N–H and O–H groups in total. The van der Waals surface area contributed by atoms with Gasteiger partial charge in [-0.1, -0.05) is 12.2 Å². The Morgan fingerprint density at radius 2 is 1.79 bits per heavy atom. The maximum Gasteiger partial charge on any atom is 0.243 e. The molecule has 3 rings (SSSR count). The van der Waals surface area contributed by atoms with Gasteiger partial charge >= 0.3 is 0 Å². The first-order chi connectivity index (χ1) is 9.07. The van der Waals surface area contributed by atoms with E-state index in [1.165, 1.54) is 10.4 Å². The first-order valence-electron chi connectivity index (χ1n) is 6.14. The number of hydrogen-bond acceptors (Lipinski definition) is 4. The van der Waals surface area contributed by atoms with Crippen LogP contribution in [0.3, 0.4) is 0 Å². The molecule has 0 unspecified atom stereocenters. The van der Waals surface area contributed by atoms with Gasteiger partial charge in [0.25, 0.3) is 0 Å². The molecule has 1 aromatic carbocycles. The Hall–Kier alpha value is -1.53. The van der Waals surface area contributed by atoms with E-state index in [0.717, 1.165) is 18.4 Å². The van der Waals surface area contributed by atoms with Crippen LogP contribution in [0.25, 0.3) is 0 Å². The number of nitrogens with zero attached hydrogens (tertiary/aromatic N) is 1. The SMILES string of the molecule is C=C1CCN(S(=O)(=O)c2ccc3c(c2)OCO3)CC1. The standard InChI is InChI=1S/C13H15NO4S/c1-10-4-6-14(7-5-10)19(15,16)11-2-3-12-13(8-11)18-9-17-12/h2-3,8H,1,4-7,9H2. The van der Waals surface area contributed by atoms with Crippen molar-refractivity contribution in [2.45, 2.75) is 17.7 Å². The van der Waals surface area contributed by atoms with Gasteiger partial charge < -0.3 is 9.47 Å². The number of hydrogen-bond donors (Lipinski definition) is 0. The molecule has 1 fully saturated rings. The van der Waals surface area contributed by atoms with Crippen LogP contribution in [0.15, 0.2) is 35.2 Å². The Morgan fingerprint density at radius 3 is 2.53 bits per heavy atom. The summed E-state index contributed by atoms with van der Waals surface area (Å²) in [7, 11) is -3.45. The van der Waals surface area contributed by atoms with Gasteiger partial charge in [0.15, 0.2) is 11.5 Å². The van der Waals surface area contributed by atoms with Crippen molar-refractivity contribution in [2.75, 3.05) is 19.9 Å². The van der Waals surface area contributed by atoms with Crippen LogP contribution in [0.5, 0.6) is 11.5 Å². The molecule has 0 aliphatic carbocycles. The predicted octanol–water partition coefficient (Wildman–Crippen LogP) is 1.76. The summed E-state index contributed by atoms with van der Waals surface area (Å²) < 4.78 is 36.9. The lowest BCUT2D eigenvalue weighted by atomic mass is 10.1. The van der Waals surface area contributed by atoms with E-state index in [9.17, 15) is 8.42 Å². The van der Waals surface area contributed by atoms with E-state index in [4.69, 9.17) is 9.47 Å². The molecule has 2 heterocycles. The predicted molar refractivity (Wildman–Crippen MR) is 69.7 cm³/mol. The summed E-state index contributed by atoms with van der Waals surface area (Å²) in [5.74, 6) is 1.08. The van der Waals surface area contributed by atoms with E-state index in [0.29, 0.717) is 24.6 Å². The van der Waals surface area contributed by atoms with Crippen LogP contribution in [0.4, 0.5) is 0 Å². The lowest BCUT2D eigenvalue weighted by Gasteiger charge is -2.27. The summed E-state index contributed by atoms with van der Waals surface area (Å²) in [6.07, 6.45) is 1.45. The molecule has 0 saturated carbocycles. The average Bonchev–Trinajstić information content (AvgIpc) is 2.86. The van der Waals surface area contributed by atoms with Crippen molar-refractivity contribution in [1.82, 2.24) is 4.31 Å². The van der Waals surface area contributed by atoms with E-state index in [1.807, 2.05) is 0 Å². The van der Waals surface area contributed by atoms with Crippen molar-refractivity contribution in [3.05, 3.63) is 30.4 Å². The highest BCUT2D eigenvalue weighted by Gasteiger charge is 2.28. The molecule has 1 aromatic rings. The van der Waals surface area contributed by atoms with Gasteiger partial charge in [0.1, 0.15) is 0 Å². The Labute approximate surface area is 112 Å². The number of piperidine rings is 1. The van der Waals surface area contributed by atoms with Crippen LogP contribution in [0.1, 0.15) is 12.8 Å². The first-order valence-corrected chi connectivity index (χ1v) is 7.58. The monoisotopic (exact) mass is 281 g/mol. The smallest absolute Gasteiger partial charge is 0.243 e. The largest absolute Gasteiger partial charge is 0.454 e. The minimum atomic E-state index is -3.45.